The summed E-state index contributed by atoms with van der Waals surface area (Å²) >= 11 is 1.95. The van der Waals surface area contributed by atoms with Crippen molar-refractivity contribution >= 4 is 17.7 Å². The molecule has 0 fully saturated rings. The number of carbonyl (C=O) groups excluding carboxylic acids is 1. The zero-order valence-electron chi connectivity index (χ0n) is 9.38. The molecule has 0 rings (SSSR count). The van der Waals surface area contributed by atoms with E-state index in [9.17, 15) is 4.79 Å². The van der Waals surface area contributed by atoms with Crippen molar-refractivity contribution in [1.29, 1.82) is 0 Å². The van der Waals surface area contributed by atoms with E-state index in [1.54, 1.807) is 0 Å². The van der Waals surface area contributed by atoms with Gasteiger partial charge in [-0.05, 0) is 24.9 Å². The molecule has 3 N–H and O–H groups in total. The highest BCUT2D eigenvalue weighted by Gasteiger charge is 2.09. The van der Waals surface area contributed by atoms with Crippen molar-refractivity contribution in [1.82, 2.24) is 5.32 Å². The first kappa shape index (κ1) is 13.8. The minimum absolute atomic E-state index is 0.0729. The molecule has 0 radical (unpaired) electrons. The molecule has 0 aromatic rings. The first-order valence-electron chi connectivity index (χ1n) is 5.18. The molecule has 1 amide bonds. The first-order chi connectivity index (χ1) is 6.57. The zero-order chi connectivity index (χ0) is 11.0. The minimum atomic E-state index is -0.229. The van der Waals surface area contributed by atoms with Crippen LogP contribution in [0.3, 0.4) is 0 Å². The molecule has 0 aliphatic carbocycles. The normalized spacial score (nSPS) is 15.1. The van der Waals surface area contributed by atoms with Crippen molar-refractivity contribution in [3.05, 3.63) is 0 Å². The Hall–Kier alpha value is -0.220. The van der Waals surface area contributed by atoms with Crippen molar-refractivity contribution in [3.8, 4) is 0 Å². The second kappa shape index (κ2) is 8.12. The van der Waals surface area contributed by atoms with Crippen LogP contribution in [0, 0.1) is 5.92 Å². The van der Waals surface area contributed by atoms with Crippen LogP contribution in [0.5, 0.6) is 0 Å². The minimum Gasteiger partial charge on any atom is -0.369 e. The monoisotopic (exact) mass is 218 g/mol. The number of carbonyl (C=O) groups is 1. The summed E-state index contributed by atoms with van der Waals surface area (Å²) in [6.07, 6.45) is 1.14. The van der Waals surface area contributed by atoms with Gasteiger partial charge in [0.15, 0.2) is 0 Å². The summed E-state index contributed by atoms with van der Waals surface area (Å²) in [6, 6.07) is 0.468. The lowest BCUT2D eigenvalue weighted by molar-refractivity contribution is -0.121. The van der Waals surface area contributed by atoms with E-state index in [-0.39, 0.29) is 11.8 Å². The van der Waals surface area contributed by atoms with Gasteiger partial charge < -0.3 is 11.1 Å². The van der Waals surface area contributed by atoms with Crippen LogP contribution in [-0.4, -0.2) is 30.0 Å². The third kappa shape index (κ3) is 7.21. The van der Waals surface area contributed by atoms with Crippen LogP contribution in [0.2, 0.25) is 0 Å². The van der Waals surface area contributed by atoms with Gasteiger partial charge in [0.25, 0.3) is 0 Å². The number of hydrogen-bond acceptors (Lipinski definition) is 3. The highest BCUT2D eigenvalue weighted by atomic mass is 32.2. The molecular formula is C10H22N2OS. The summed E-state index contributed by atoms with van der Waals surface area (Å²) in [6.45, 7) is 6.85. The predicted octanol–water partition coefficient (Wildman–Crippen LogP) is 1.23. The molecule has 0 aromatic heterocycles. The lowest BCUT2D eigenvalue weighted by atomic mass is 10.1. The lowest BCUT2D eigenvalue weighted by Gasteiger charge is -2.15. The molecule has 2 unspecified atom stereocenters. The van der Waals surface area contributed by atoms with Crippen molar-refractivity contribution in [3.63, 3.8) is 0 Å². The summed E-state index contributed by atoms with van der Waals surface area (Å²) in [5, 5.41) is 3.31. The molecule has 84 valence electrons. The zero-order valence-corrected chi connectivity index (χ0v) is 10.2. The molecule has 4 heteroatoms. The van der Waals surface area contributed by atoms with Crippen LogP contribution in [0.25, 0.3) is 0 Å². The van der Waals surface area contributed by atoms with Crippen LogP contribution in [0.15, 0.2) is 0 Å². The predicted molar refractivity (Wildman–Crippen MR) is 63.4 cm³/mol. The fraction of sp³-hybridized carbons (Fsp3) is 0.900. The average Bonchev–Trinajstić information content (AvgIpc) is 2.14. The Kier molecular flexibility index (Phi) is 7.99. The van der Waals surface area contributed by atoms with Gasteiger partial charge in [-0.1, -0.05) is 13.8 Å². The Morgan fingerprint density at radius 1 is 1.50 bits per heavy atom. The maximum absolute atomic E-state index is 10.8. The van der Waals surface area contributed by atoms with E-state index in [0.717, 1.165) is 6.42 Å². The molecule has 0 aromatic carbocycles. The molecule has 0 spiro atoms. The van der Waals surface area contributed by atoms with Crippen LogP contribution < -0.4 is 11.1 Å². The van der Waals surface area contributed by atoms with Gasteiger partial charge in [-0.2, -0.15) is 11.8 Å². The molecule has 0 bridgehead atoms. The SMILES string of the molecule is CCSCCC(C)NCC(C)C(N)=O. The van der Waals surface area contributed by atoms with Crippen LogP contribution in [-0.2, 0) is 4.79 Å². The summed E-state index contributed by atoms with van der Waals surface area (Å²) in [4.78, 5) is 10.8. The van der Waals surface area contributed by atoms with Crippen LogP contribution in [0.4, 0.5) is 0 Å². The lowest BCUT2D eigenvalue weighted by Crippen LogP contribution is -2.35. The van der Waals surface area contributed by atoms with Crippen molar-refractivity contribution in [2.24, 2.45) is 11.7 Å². The van der Waals surface area contributed by atoms with Gasteiger partial charge in [0.05, 0.1) is 0 Å². The average molecular weight is 218 g/mol. The number of rotatable bonds is 8. The smallest absolute Gasteiger partial charge is 0.221 e. The van der Waals surface area contributed by atoms with Crippen molar-refractivity contribution in [2.45, 2.75) is 33.2 Å². The summed E-state index contributed by atoms with van der Waals surface area (Å²) < 4.78 is 0. The Bertz CT molecular complexity index is 164. The molecule has 0 aliphatic rings. The van der Waals surface area contributed by atoms with E-state index >= 15 is 0 Å². The Balaban J connectivity index is 3.43. The van der Waals surface area contributed by atoms with Gasteiger partial charge in [-0.3, -0.25) is 4.79 Å². The van der Waals surface area contributed by atoms with E-state index in [2.05, 4.69) is 19.2 Å². The van der Waals surface area contributed by atoms with Gasteiger partial charge in [-0.15, -0.1) is 0 Å². The molecule has 0 saturated carbocycles. The molecule has 0 saturated heterocycles. The molecule has 3 nitrogen and oxygen atoms in total. The Morgan fingerprint density at radius 3 is 2.64 bits per heavy atom. The van der Waals surface area contributed by atoms with Gasteiger partial charge in [-0.25, -0.2) is 0 Å². The van der Waals surface area contributed by atoms with Crippen molar-refractivity contribution < 1.29 is 4.79 Å². The topological polar surface area (TPSA) is 55.1 Å². The maximum atomic E-state index is 10.8. The van der Waals surface area contributed by atoms with E-state index in [1.165, 1.54) is 11.5 Å². The molecule has 0 heterocycles. The molecular weight excluding hydrogens is 196 g/mol. The van der Waals surface area contributed by atoms with Gasteiger partial charge in [0, 0.05) is 18.5 Å². The number of nitrogens with two attached hydrogens (primary N) is 1. The van der Waals surface area contributed by atoms with Crippen LogP contribution >= 0.6 is 11.8 Å². The molecule has 14 heavy (non-hydrogen) atoms. The Labute approximate surface area is 91.2 Å². The summed E-state index contributed by atoms with van der Waals surface area (Å²) in [7, 11) is 0. The third-order valence-electron chi connectivity index (χ3n) is 2.16. The number of primary amides is 1. The second-order valence-corrected chi connectivity index (χ2v) is 4.99. The highest BCUT2D eigenvalue weighted by Crippen LogP contribution is 2.04. The van der Waals surface area contributed by atoms with Gasteiger partial charge >= 0.3 is 0 Å². The van der Waals surface area contributed by atoms with Gasteiger partial charge in [0.1, 0.15) is 0 Å². The molecule has 0 aliphatic heterocycles. The van der Waals surface area contributed by atoms with E-state index in [0.29, 0.717) is 12.6 Å². The standard InChI is InChI=1S/C10H22N2OS/c1-4-14-6-5-9(3)12-7-8(2)10(11)13/h8-9,12H,4-7H2,1-3H3,(H2,11,13). The van der Waals surface area contributed by atoms with Gasteiger partial charge in [0.2, 0.25) is 5.91 Å². The number of nitrogens with one attached hydrogen (secondary N) is 1. The van der Waals surface area contributed by atoms with Crippen molar-refractivity contribution in [2.75, 3.05) is 18.1 Å². The Morgan fingerprint density at radius 2 is 2.14 bits per heavy atom. The number of thioether (sulfide) groups is 1. The number of amides is 1. The van der Waals surface area contributed by atoms with E-state index < -0.39 is 0 Å². The van der Waals surface area contributed by atoms with E-state index in [1.807, 2.05) is 18.7 Å². The third-order valence-corrected chi connectivity index (χ3v) is 3.09. The van der Waals surface area contributed by atoms with Crippen LogP contribution in [0.1, 0.15) is 27.2 Å². The number of hydrogen-bond donors (Lipinski definition) is 2. The highest BCUT2D eigenvalue weighted by molar-refractivity contribution is 7.99. The summed E-state index contributed by atoms with van der Waals surface area (Å²) in [5.41, 5.74) is 5.16. The quantitative estimate of drug-likeness (QED) is 0.603. The molecule has 2 atom stereocenters. The summed E-state index contributed by atoms with van der Waals surface area (Å²) in [5.74, 6) is 2.05. The van der Waals surface area contributed by atoms with E-state index in [4.69, 9.17) is 5.73 Å². The second-order valence-electron chi connectivity index (χ2n) is 3.60. The fourth-order valence-electron chi connectivity index (χ4n) is 0.985. The maximum Gasteiger partial charge on any atom is 0.221 e. The fourth-order valence-corrected chi connectivity index (χ4v) is 1.79. The first-order valence-corrected chi connectivity index (χ1v) is 6.33. The largest absolute Gasteiger partial charge is 0.369 e.